The molecule has 0 fully saturated rings. The minimum absolute atomic E-state index is 0.163. The molecule has 14 heavy (non-hydrogen) atoms. The van der Waals surface area contributed by atoms with Crippen molar-refractivity contribution >= 4 is 17.4 Å². The highest BCUT2D eigenvalue weighted by molar-refractivity contribution is 6.33. The van der Waals surface area contributed by atoms with Crippen molar-refractivity contribution in [2.45, 2.75) is 13.8 Å². The van der Waals surface area contributed by atoms with Crippen LogP contribution in [-0.4, -0.2) is 20.0 Å². The van der Waals surface area contributed by atoms with E-state index in [0.717, 1.165) is 0 Å². The predicted octanol–water partition coefficient (Wildman–Crippen LogP) is 2.22. The van der Waals surface area contributed by atoms with Crippen LogP contribution in [0.25, 0.3) is 0 Å². The van der Waals surface area contributed by atoms with Gasteiger partial charge < -0.3 is 9.47 Å². The number of hydrogen-bond acceptors (Lipinski definition) is 3. The Balaban J connectivity index is 3.23. The van der Waals surface area contributed by atoms with E-state index in [1.807, 2.05) is 13.8 Å². The van der Waals surface area contributed by atoms with Crippen LogP contribution in [0.4, 0.5) is 0 Å². The summed E-state index contributed by atoms with van der Waals surface area (Å²) < 4.78 is 9.92. The van der Waals surface area contributed by atoms with Crippen LogP contribution in [-0.2, 0) is 14.3 Å². The molecule has 0 radical (unpaired) electrons. The van der Waals surface area contributed by atoms with Crippen molar-refractivity contribution in [2.75, 3.05) is 14.2 Å². The number of halogens is 1. The van der Waals surface area contributed by atoms with Crippen LogP contribution in [0.15, 0.2) is 22.6 Å². The Hall–Kier alpha value is -0.960. The van der Waals surface area contributed by atoms with Crippen LogP contribution >= 0.6 is 11.6 Å². The second kappa shape index (κ2) is 3.65. The lowest BCUT2D eigenvalue weighted by Gasteiger charge is -2.27. The fraction of sp³-hybridized carbons (Fsp3) is 0.500. The van der Waals surface area contributed by atoms with Crippen LogP contribution in [0.3, 0.4) is 0 Å². The molecule has 0 spiro atoms. The van der Waals surface area contributed by atoms with E-state index in [0.29, 0.717) is 5.03 Å². The molecule has 1 aliphatic carbocycles. The average Bonchev–Trinajstić information content (AvgIpc) is 2.13. The monoisotopic (exact) mass is 216 g/mol. The number of allylic oxidation sites excluding steroid dienone is 2. The molecular formula is C10H13ClO3. The molecule has 0 N–H and O–H groups in total. The molecule has 0 bridgehead atoms. The SMILES string of the molecule is COC1=CC(C)(C)C(Cl)=C(OC)C1=O. The first-order valence-electron chi connectivity index (χ1n) is 4.20. The molecule has 1 rings (SSSR count). The molecule has 0 aromatic rings. The first kappa shape index (κ1) is 11.1. The third kappa shape index (κ3) is 1.64. The normalized spacial score (nSPS) is 20.6. The lowest BCUT2D eigenvalue weighted by atomic mass is 9.86. The van der Waals surface area contributed by atoms with Crippen molar-refractivity contribution in [1.29, 1.82) is 0 Å². The van der Waals surface area contributed by atoms with Gasteiger partial charge in [0, 0.05) is 5.41 Å². The Kier molecular flexibility index (Phi) is 2.90. The second-order valence-electron chi connectivity index (χ2n) is 3.61. The Morgan fingerprint density at radius 1 is 1.29 bits per heavy atom. The van der Waals surface area contributed by atoms with Gasteiger partial charge in [0.05, 0.1) is 19.3 Å². The summed E-state index contributed by atoms with van der Waals surface area (Å²) in [5.41, 5.74) is -0.424. The molecule has 0 aliphatic heterocycles. The van der Waals surface area contributed by atoms with Gasteiger partial charge in [0.1, 0.15) is 0 Å². The van der Waals surface area contributed by atoms with Gasteiger partial charge in [0.15, 0.2) is 11.5 Å². The molecule has 0 unspecified atom stereocenters. The highest BCUT2D eigenvalue weighted by atomic mass is 35.5. The summed E-state index contributed by atoms with van der Waals surface area (Å²) in [6.07, 6.45) is 1.69. The second-order valence-corrected chi connectivity index (χ2v) is 3.99. The number of ketones is 1. The summed E-state index contributed by atoms with van der Waals surface area (Å²) in [6.45, 7) is 3.78. The van der Waals surface area contributed by atoms with Crippen molar-refractivity contribution in [3.8, 4) is 0 Å². The maximum Gasteiger partial charge on any atom is 0.262 e. The van der Waals surface area contributed by atoms with Crippen LogP contribution < -0.4 is 0 Å². The highest BCUT2D eigenvalue weighted by Gasteiger charge is 2.35. The van der Waals surface area contributed by atoms with E-state index in [1.54, 1.807) is 6.08 Å². The van der Waals surface area contributed by atoms with E-state index < -0.39 is 5.41 Å². The average molecular weight is 217 g/mol. The van der Waals surface area contributed by atoms with Gasteiger partial charge in [-0.25, -0.2) is 0 Å². The maximum atomic E-state index is 11.6. The Morgan fingerprint density at radius 2 is 1.86 bits per heavy atom. The van der Waals surface area contributed by atoms with Crippen molar-refractivity contribution in [2.24, 2.45) is 5.41 Å². The van der Waals surface area contributed by atoms with Gasteiger partial charge in [-0.05, 0) is 6.08 Å². The number of Topliss-reactive ketones (excluding diaryl/α,β-unsaturated/α-hetero) is 1. The number of hydrogen-bond donors (Lipinski definition) is 0. The third-order valence-electron chi connectivity index (χ3n) is 2.11. The molecule has 0 amide bonds. The smallest absolute Gasteiger partial charge is 0.262 e. The molecule has 0 aromatic carbocycles. The zero-order valence-electron chi connectivity index (χ0n) is 8.68. The standard InChI is InChI=1S/C10H13ClO3/c1-10(2)5-6(13-3)7(12)8(14-4)9(10)11/h5H,1-4H3. The minimum atomic E-state index is -0.424. The Morgan fingerprint density at radius 3 is 2.29 bits per heavy atom. The first-order valence-corrected chi connectivity index (χ1v) is 4.57. The fourth-order valence-electron chi connectivity index (χ4n) is 1.29. The van der Waals surface area contributed by atoms with Crippen molar-refractivity contribution in [3.05, 3.63) is 22.6 Å². The topological polar surface area (TPSA) is 35.5 Å². The molecule has 0 heterocycles. The zero-order valence-corrected chi connectivity index (χ0v) is 9.44. The van der Waals surface area contributed by atoms with Crippen LogP contribution in [0.1, 0.15) is 13.8 Å². The molecule has 78 valence electrons. The predicted molar refractivity (Wildman–Crippen MR) is 53.8 cm³/mol. The van der Waals surface area contributed by atoms with Gasteiger partial charge in [0.2, 0.25) is 0 Å². The molecule has 0 saturated heterocycles. The summed E-state index contributed by atoms with van der Waals surface area (Å²) in [4.78, 5) is 11.6. The van der Waals surface area contributed by atoms with E-state index in [4.69, 9.17) is 21.1 Å². The lowest BCUT2D eigenvalue weighted by Crippen LogP contribution is -2.24. The van der Waals surface area contributed by atoms with Gasteiger partial charge in [-0.2, -0.15) is 0 Å². The largest absolute Gasteiger partial charge is 0.493 e. The minimum Gasteiger partial charge on any atom is -0.493 e. The third-order valence-corrected chi connectivity index (χ3v) is 2.77. The van der Waals surface area contributed by atoms with Crippen LogP contribution in [0.2, 0.25) is 0 Å². The molecule has 0 saturated carbocycles. The highest BCUT2D eigenvalue weighted by Crippen LogP contribution is 2.39. The number of rotatable bonds is 2. The number of methoxy groups -OCH3 is 2. The molecule has 0 atom stereocenters. The molecule has 4 heteroatoms. The Labute approximate surface area is 88.3 Å². The number of carbonyl (C=O) groups excluding carboxylic acids is 1. The zero-order chi connectivity index (χ0) is 10.9. The van der Waals surface area contributed by atoms with E-state index in [1.165, 1.54) is 14.2 Å². The van der Waals surface area contributed by atoms with Crippen molar-refractivity contribution in [1.82, 2.24) is 0 Å². The molecule has 3 nitrogen and oxygen atoms in total. The number of ether oxygens (including phenoxy) is 2. The Bertz CT molecular complexity index is 326. The van der Waals surface area contributed by atoms with Gasteiger partial charge in [-0.15, -0.1) is 0 Å². The van der Waals surface area contributed by atoms with E-state index in [9.17, 15) is 4.79 Å². The summed E-state index contributed by atoms with van der Waals surface area (Å²) in [5.74, 6) is 0.131. The van der Waals surface area contributed by atoms with Gasteiger partial charge in [-0.1, -0.05) is 25.4 Å². The summed E-state index contributed by atoms with van der Waals surface area (Å²) in [7, 11) is 2.87. The van der Waals surface area contributed by atoms with E-state index in [2.05, 4.69) is 0 Å². The first-order chi connectivity index (χ1) is 6.44. The molecule has 1 aliphatic rings. The van der Waals surface area contributed by atoms with Gasteiger partial charge in [-0.3, -0.25) is 4.79 Å². The number of carbonyl (C=O) groups is 1. The summed E-state index contributed by atoms with van der Waals surface area (Å²) >= 11 is 6.03. The fourth-order valence-corrected chi connectivity index (χ4v) is 1.51. The van der Waals surface area contributed by atoms with Crippen LogP contribution in [0, 0.1) is 5.41 Å². The van der Waals surface area contributed by atoms with Crippen molar-refractivity contribution < 1.29 is 14.3 Å². The van der Waals surface area contributed by atoms with E-state index >= 15 is 0 Å². The van der Waals surface area contributed by atoms with Crippen molar-refractivity contribution in [3.63, 3.8) is 0 Å². The molecule has 0 aromatic heterocycles. The lowest BCUT2D eigenvalue weighted by molar-refractivity contribution is -0.118. The maximum absolute atomic E-state index is 11.6. The van der Waals surface area contributed by atoms with Crippen LogP contribution in [0.5, 0.6) is 0 Å². The molecular weight excluding hydrogens is 204 g/mol. The summed E-state index contributed by atoms with van der Waals surface area (Å²) in [5, 5.41) is 0.408. The quantitative estimate of drug-likeness (QED) is 0.710. The van der Waals surface area contributed by atoms with Gasteiger partial charge >= 0.3 is 0 Å². The van der Waals surface area contributed by atoms with E-state index in [-0.39, 0.29) is 17.3 Å². The van der Waals surface area contributed by atoms with Gasteiger partial charge in [0.25, 0.3) is 5.78 Å². The summed E-state index contributed by atoms with van der Waals surface area (Å²) in [6, 6.07) is 0.